The second-order valence-electron chi connectivity index (χ2n) is 5.83. The average Bonchev–Trinajstić information content (AvgIpc) is 2.76. The van der Waals surface area contributed by atoms with Gasteiger partial charge in [-0.15, -0.1) is 11.3 Å². The lowest BCUT2D eigenvalue weighted by molar-refractivity contribution is 0.0666. The zero-order valence-electron chi connectivity index (χ0n) is 12.4. The summed E-state index contributed by atoms with van der Waals surface area (Å²) in [7, 11) is 0. The fourth-order valence-corrected chi connectivity index (χ4v) is 4.08. The molecule has 1 amide bonds. The van der Waals surface area contributed by atoms with E-state index in [1.54, 1.807) is 11.3 Å². The number of aryl methyl sites for hydroxylation is 1. The van der Waals surface area contributed by atoms with Crippen LogP contribution in [0, 0.1) is 12.8 Å². The third-order valence-electron chi connectivity index (χ3n) is 3.81. The van der Waals surface area contributed by atoms with Gasteiger partial charge in [0.2, 0.25) is 0 Å². The van der Waals surface area contributed by atoms with Gasteiger partial charge in [-0.05, 0) is 80.2 Å². The number of thiophene rings is 1. The van der Waals surface area contributed by atoms with Gasteiger partial charge in [0.05, 0.1) is 8.66 Å². The first kappa shape index (κ1) is 16.0. The summed E-state index contributed by atoms with van der Waals surface area (Å²) in [5, 5.41) is 3.43. The summed E-state index contributed by atoms with van der Waals surface area (Å²) in [5.74, 6) is 0.754. The Labute approximate surface area is 133 Å². The van der Waals surface area contributed by atoms with Gasteiger partial charge in [-0.25, -0.2) is 0 Å². The summed E-state index contributed by atoms with van der Waals surface area (Å²) < 4.78 is 1.06. The van der Waals surface area contributed by atoms with Crippen molar-refractivity contribution in [1.82, 2.24) is 10.2 Å². The van der Waals surface area contributed by atoms with Crippen molar-refractivity contribution in [3.05, 3.63) is 20.3 Å². The molecule has 2 heterocycles. The van der Waals surface area contributed by atoms with Gasteiger partial charge in [-0.3, -0.25) is 4.79 Å². The number of rotatable bonds is 4. The zero-order valence-corrected chi connectivity index (χ0v) is 14.8. The van der Waals surface area contributed by atoms with E-state index in [1.807, 2.05) is 17.9 Å². The molecule has 0 spiro atoms. The topological polar surface area (TPSA) is 32.3 Å². The van der Waals surface area contributed by atoms with Gasteiger partial charge in [-0.1, -0.05) is 0 Å². The van der Waals surface area contributed by atoms with Crippen molar-refractivity contribution >= 4 is 33.2 Å². The second-order valence-corrected chi connectivity index (χ2v) is 8.20. The molecule has 0 bridgehead atoms. The van der Waals surface area contributed by atoms with Gasteiger partial charge >= 0.3 is 0 Å². The van der Waals surface area contributed by atoms with Crippen LogP contribution in [0.25, 0.3) is 0 Å². The minimum absolute atomic E-state index is 0.171. The molecule has 1 atom stereocenters. The fourth-order valence-electron chi connectivity index (χ4n) is 2.59. The Morgan fingerprint density at radius 1 is 1.60 bits per heavy atom. The molecule has 0 aliphatic carbocycles. The van der Waals surface area contributed by atoms with Crippen LogP contribution in [0.3, 0.4) is 0 Å². The lowest BCUT2D eigenvalue weighted by Crippen LogP contribution is -2.44. The van der Waals surface area contributed by atoms with E-state index in [0.29, 0.717) is 5.92 Å². The molecule has 1 unspecified atom stereocenters. The van der Waals surface area contributed by atoms with Gasteiger partial charge in [0.1, 0.15) is 0 Å². The highest BCUT2D eigenvalue weighted by molar-refractivity contribution is 9.11. The Balaban J connectivity index is 2.09. The molecule has 1 N–H and O–H groups in total. The molecule has 112 valence electrons. The lowest BCUT2D eigenvalue weighted by Gasteiger charge is -2.32. The predicted molar refractivity (Wildman–Crippen MR) is 88.5 cm³/mol. The van der Waals surface area contributed by atoms with Gasteiger partial charge in [-0.2, -0.15) is 0 Å². The fraction of sp³-hybridized carbons (Fsp3) is 0.667. The van der Waals surface area contributed by atoms with Gasteiger partial charge in [0, 0.05) is 12.6 Å². The first-order chi connectivity index (χ1) is 9.49. The van der Waals surface area contributed by atoms with Crippen LogP contribution in [0.15, 0.2) is 9.85 Å². The maximum Gasteiger partial charge on any atom is 0.264 e. The van der Waals surface area contributed by atoms with E-state index >= 15 is 0 Å². The highest BCUT2D eigenvalue weighted by atomic mass is 79.9. The third-order valence-corrected chi connectivity index (χ3v) is 5.93. The third kappa shape index (κ3) is 3.83. The number of amides is 1. The number of halogens is 1. The molecule has 1 aliphatic heterocycles. The van der Waals surface area contributed by atoms with E-state index < -0.39 is 0 Å². The molecule has 0 saturated carbocycles. The Hall–Kier alpha value is -0.390. The number of piperidine rings is 1. The number of hydrogen-bond donors (Lipinski definition) is 1. The molecule has 20 heavy (non-hydrogen) atoms. The molecule has 5 heteroatoms. The molecule has 1 fully saturated rings. The SMILES string of the molecule is Cc1cc(C(=O)N(CC2CCCNC2)C(C)C)sc1Br. The first-order valence-electron chi connectivity index (χ1n) is 7.26. The van der Waals surface area contributed by atoms with E-state index in [-0.39, 0.29) is 11.9 Å². The molecule has 2 rings (SSSR count). The number of carbonyl (C=O) groups excluding carboxylic acids is 1. The van der Waals surface area contributed by atoms with Crippen molar-refractivity contribution in [2.24, 2.45) is 5.92 Å². The second kappa shape index (κ2) is 7.05. The summed E-state index contributed by atoms with van der Waals surface area (Å²) >= 11 is 5.05. The number of nitrogens with one attached hydrogen (secondary N) is 1. The Bertz CT molecular complexity index is 447. The van der Waals surface area contributed by atoms with Crippen LogP contribution in [-0.4, -0.2) is 36.5 Å². The minimum atomic E-state index is 0.171. The largest absolute Gasteiger partial charge is 0.335 e. The maximum absolute atomic E-state index is 12.7. The molecule has 0 radical (unpaired) electrons. The summed E-state index contributed by atoms with van der Waals surface area (Å²) in [4.78, 5) is 15.6. The molecule has 1 aromatic rings. The molecule has 1 aliphatic rings. The van der Waals surface area contributed by atoms with Crippen molar-refractivity contribution in [1.29, 1.82) is 0 Å². The normalized spacial score (nSPS) is 19.4. The van der Waals surface area contributed by atoms with Crippen molar-refractivity contribution in [3.63, 3.8) is 0 Å². The van der Waals surface area contributed by atoms with E-state index in [4.69, 9.17) is 0 Å². The summed E-state index contributed by atoms with van der Waals surface area (Å²) in [6, 6.07) is 2.23. The van der Waals surface area contributed by atoms with Gasteiger partial charge < -0.3 is 10.2 Å². The number of hydrogen-bond acceptors (Lipinski definition) is 3. The van der Waals surface area contributed by atoms with E-state index in [9.17, 15) is 4.79 Å². The quantitative estimate of drug-likeness (QED) is 0.890. The molecule has 1 saturated heterocycles. The monoisotopic (exact) mass is 358 g/mol. The Morgan fingerprint density at radius 2 is 2.35 bits per heavy atom. The van der Waals surface area contributed by atoms with Crippen LogP contribution in [0.1, 0.15) is 41.9 Å². The lowest BCUT2D eigenvalue weighted by atomic mass is 9.98. The Morgan fingerprint density at radius 3 is 2.85 bits per heavy atom. The van der Waals surface area contributed by atoms with Crippen LogP contribution in [0.2, 0.25) is 0 Å². The smallest absolute Gasteiger partial charge is 0.264 e. The molecular weight excluding hydrogens is 336 g/mol. The van der Waals surface area contributed by atoms with Gasteiger partial charge in [0.15, 0.2) is 0 Å². The van der Waals surface area contributed by atoms with Crippen LogP contribution in [0.5, 0.6) is 0 Å². The van der Waals surface area contributed by atoms with Crippen molar-refractivity contribution in [2.45, 2.75) is 39.7 Å². The van der Waals surface area contributed by atoms with Crippen LogP contribution in [0.4, 0.5) is 0 Å². The summed E-state index contributed by atoms with van der Waals surface area (Å²) in [5.41, 5.74) is 1.14. The molecule has 1 aromatic heterocycles. The number of carbonyl (C=O) groups is 1. The predicted octanol–water partition coefficient (Wildman–Crippen LogP) is 3.67. The van der Waals surface area contributed by atoms with Crippen LogP contribution < -0.4 is 5.32 Å². The van der Waals surface area contributed by atoms with Crippen molar-refractivity contribution in [3.8, 4) is 0 Å². The minimum Gasteiger partial charge on any atom is -0.335 e. The van der Waals surface area contributed by atoms with Crippen LogP contribution in [-0.2, 0) is 0 Å². The first-order valence-corrected chi connectivity index (χ1v) is 8.87. The summed E-state index contributed by atoms with van der Waals surface area (Å²) in [6.07, 6.45) is 2.44. The standard InChI is InChI=1S/C15H23BrN2OS/c1-10(2)18(9-12-5-4-6-17-8-12)15(19)13-7-11(3)14(16)20-13/h7,10,12,17H,4-6,8-9H2,1-3H3. The van der Waals surface area contributed by atoms with Crippen molar-refractivity contribution in [2.75, 3.05) is 19.6 Å². The molecular formula is C15H23BrN2OS. The molecule has 3 nitrogen and oxygen atoms in total. The highest BCUT2D eigenvalue weighted by Crippen LogP contribution is 2.29. The molecule has 0 aromatic carbocycles. The maximum atomic E-state index is 12.7. The number of nitrogens with zero attached hydrogens (tertiary/aromatic N) is 1. The van der Waals surface area contributed by atoms with E-state index in [0.717, 1.165) is 33.9 Å². The summed E-state index contributed by atoms with van der Waals surface area (Å²) in [6.45, 7) is 9.24. The highest BCUT2D eigenvalue weighted by Gasteiger charge is 2.25. The van der Waals surface area contributed by atoms with Crippen LogP contribution >= 0.6 is 27.3 Å². The zero-order chi connectivity index (χ0) is 14.7. The van der Waals surface area contributed by atoms with E-state index in [1.165, 1.54) is 12.8 Å². The average molecular weight is 359 g/mol. The van der Waals surface area contributed by atoms with Gasteiger partial charge in [0.25, 0.3) is 5.91 Å². The Kier molecular flexibility index (Phi) is 5.64. The van der Waals surface area contributed by atoms with Crippen molar-refractivity contribution < 1.29 is 4.79 Å². The van der Waals surface area contributed by atoms with E-state index in [2.05, 4.69) is 35.1 Å².